The minimum Gasteiger partial charge on any atom is -0.507 e. The van der Waals surface area contributed by atoms with Crippen molar-refractivity contribution >= 4 is 16.7 Å². The van der Waals surface area contributed by atoms with Crippen molar-refractivity contribution in [3.8, 4) is 5.75 Å². The molecule has 1 aliphatic rings. The van der Waals surface area contributed by atoms with Gasteiger partial charge in [0.15, 0.2) is 0 Å². The van der Waals surface area contributed by atoms with Crippen molar-refractivity contribution in [2.24, 2.45) is 0 Å². The van der Waals surface area contributed by atoms with Crippen LogP contribution in [0.4, 0.5) is 0 Å². The summed E-state index contributed by atoms with van der Waals surface area (Å²) in [5.74, 6) is 0.414. The SMILES string of the molecule is CC(C)(C)c1cc(CC2C(=O)NCS2=O)cc(C(C)(C)C)c1O. The lowest BCUT2D eigenvalue weighted by atomic mass is 9.78. The van der Waals surface area contributed by atoms with Crippen molar-refractivity contribution in [2.75, 3.05) is 5.88 Å². The van der Waals surface area contributed by atoms with Gasteiger partial charge < -0.3 is 10.4 Å². The Balaban J connectivity index is 2.52. The smallest absolute Gasteiger partial charge is 0.236 e. The van der Waals surface area contributed by atoms with Gasteiger partial charge in [-0.2, -0.15) is 0 Å². The molecule has 0 saturated carbocycles. The first-order valence-electron chi connectivity index (χ1n) is 7.93. The molecular formula is C18H27NO3S. The number of benzene rings is 1. The van der Waals surface area contributed by atoms with Gasteiger partial charge in [0.1, 0.15) is 11.0 Å². The maximum absolute atomic E-state index is 12.0. The van der Waals surface area contributed by atoms with E-state index in [9.17, 15) is 14.1 Å². The molecule has 2 N–H and O–H groups in total. The number of phenols is 1. The predicted octanol–water partition coefficient (Wildman–Crippen LogP) is 2.73. The van der Waals surface area contributed by atoms with Crippen LogP contribution in [-0.4, -0.2) is 26.3 Å². The van der Waals surface area contributed by atoms with E-state index in [1.54, 1.807) is 0 Å². The Morgan fingerprint density at radius 3 is 1.96 bits per heavy atom. The number of phenolic OH excluding ortho intramolecular Hbond substituents is 1. The number of hydrogen-bond acceptors (Lipinski definition) is 3. The molecule has 1 aliphatic heterocycles. The molecule has 0 aliphatic carbocycles. The summed E-state index contributed by atoms with van der Waals surface area (Å²) in [5, 5.41) is 12.9. The van der Waals surface area contributed by atoms with E-state index in [2.05, 4.69) is 46.9 Å². The molecule has 0 spiro atoms. The minimum atomic E-state index is -1.18. The van der Waals surface area contributed by atoms with E-state index in [1.165, 1.54) is 0 Å². The monoisotopic (exact) mass is 337 g/mol. The van der Waals surface area contributed by atoms with Gasteiger partial charge in [-0.3, -0.25) is 9.00 Å². The molecule has 2 unspecified atom stereocenters. The first-order chi connectivity index (χ1) is 10.4. The summed E-state index contributed by atoms with van der Waals surface area (Å²) in [6.07, 6.45) is 0.435. The molecule has 0 radical (unpaired) electrons. The Bertz CT molecular complexity index is 602. The fraction of sp³-hybridized carbons (Fsp3) is 0.611. The van der Waals surface area contributed by atoms with E-state index < -0.39 is 16.0 Å². The number of carbonyl (C=O) groups excluding carboxylic acids is 1. The molecule has 4 nitrogen and oxygen atoms in total. The molecule has 1 fully saturated rings. The zero-order valence-corrected chi connectivity index (χ0v) is 15.6. The summed E-state index contributed by atoms with van der Waals surface area (Å²) in [6, 6.07) is 3.90. The highest BCUT2D eigenvalue weighted by atomic mass is 32.2. The molecule has 1 aromatic rings. The zero-order chi connectivity index (χ0) is 17.6. The Labute approximate surface area is 141 Å². The molecule has 1 aromatic carbocycles. The molecule has 1 amide bonds. The average molecular weight is 337 g/mol. The van der Waals surface area contributed by atoms with Gasteiger partial charge in [0, 0.05) is 0 Å². The molecular weight excluding hydrogens is 310 g/mol. The lowest BCUT2D eigenvalue weighted by Crippen LogP contribution is -2.26. The van der Waals surface area contributed by atoms with Crippen LogP contribution in [0.3, 0.4) is 0 Å². The van der Waals surface area contributed by atoms with Crippen LogP contribution in [0.1, 0.15) is 58.2 Å². The van der Waals surface area contributed by atoms with Crippen LogP contribution in [0.2, 0.25) is 0 Å². The van der Waals surface area contributed by atoms with Crippen LogP contribution in [0, 0.1) is 0 Å². The number of aromatic hydroxyl groups is 1. The van der Waals surface area contributed by atoms with Gasteiger partial charge in [-0.05, 0) is 33.9 Å². The third-order valence-electron chi connectivity index (χ3n) is 4.21. The molecule has 23 heavy (non-hydrogen) atoms. The zero-order valence-electron chi connectivity index (χ0n) is 14.8. The lowest BCUT2D eigenvalue weighted by molar-refractivity contribution is -0.119. The summed E-state index contributed by atoms with van der Waals surface area (Å²) in [6.45, 7) is 12.3. The van der Waals surface area contributed by atoms with Crippen molar-refractivity contribution in [3.05, 3.63) is 28.8 Å². The topological polar surface area (TPSA) is 66.4 Å². The Kier molecular flexibility index (Phi) is 4.64. The van der Waals surface area contributed by atoms with E-state index in [1.807, 2.05) is 12.1 Å². The Morgan fingerprint density at radius 2 is 1.61 bits per heavy atom. The van der Waals surface area contributed by atoms with E-state index in [4.69, 9.17) is 0 Å². The number of hydrogen-bond donors (Lipinski definition) is 2. The van der Waals surface area contributed by atoms with Crippen molar-refractivity contribution in [1.29, 1.82) is 0 Å². The molecule has 1 heterocycles. The number of amides is 1. The summed E-state index contributed by atoms with van der Waals surface area (Å²) in [5.41, 5.74) is 2.26. The van der Waals surface area contributed by atoms with Gasteiger partial charge in [0.2, 0.25) is 5.91 Å². The van der Waals surface area contributed by atoms with Crippen LogP contribution in [-0.2, 0) is 32.8 Å². The molecule has 2 atom stereocenters. The van der Waals surface area contributed by atoms with Gasteiger partial charge in [-0.25, -0.2) is 0 Å². The second-order valence-corrected chi connectivity index (χ2v) is 9.92. The third kappa shape index (κ3) is 3.77. The summed E-state index contributed by atoms with van der Waals surface area (Å²) in [7, 11) is -1.18. The third-order valence-corrected chi connectivity index (χ3v) is 5.65. The summed E-state index contributed by atoms with van der Waals surface area (Å²) >= 11 is 0. The fourth-order valence-electron chi connectivity index (χ4n) is 2.83. The second kappa shape index (κ2) is 5.93. The molecule has 0 aromatic heterocycles. The van der Waals surface area contributed by atoms with E-state index in [-0.39, 0.29) is 22.6 Å². The molecule has 2 rings (SSSR count). The first kappa shape index (κ1) is 18.0. The Morgan fingerprint density at radius 1 is 1.13 bits per heavy atom. The minimum absolute atomic E-state index is 0.147. The largest absolute Gasteiger partial charge is 0.507 e. The highest BCUT2D eigenvalue weighted by Gasteiger charge is 2.33. The quantitative estimate of drug-likeness (QED) is 0.872. The fourth-order valence-corrected chi connectivity index (χ4v) is 4.02. The van der Waals surface area contributed by atoms with Gasteiger partial charge >= 0.3 is 0 Å². The van der Waals surface area contributed by atoms with Gasteiger partial charge in [-0.1, -0.05) is 53.7 Å². The lowest BCUT2D eigenvalue weighted by Gasteiger charge is -2.28. The normalized spacial score (nSPS) is 22.3. The number of rotatable bonds is 2. The van der Waals surface area contributed by atoms with Gasteiger partial charge in [-0.15, -0.1) is 0 Å². The molecule has 128 valence electrons. The predicted molar refractivity (Wildman–Crippen MR) is 94.2 cm³/mol. The van der Waals surface area contributed by atoms with Gasteiger partial charge in [0.05, 0.1) is 16.7 Å². The van der Waals surface area contributed by atoms with E-state index >= 15 is 0 Å². The standard InChI is InChI=1S/C18H27NO3S/c1-17(2,3)12-7-11(8-13(15(12)20)18(4,5)6)9-14-16(21)19-10-23(14)22/h7-8,14,20H,9-10H2,1-6H3,(H,19,21). The highest BCUT2D eigenvalue weighted by molar-refractivity contribution is 7.86. The van der Waals surface area contributed by atoms with E-state index in [0.29, 0.717) is 12.2 Å². The van der Waals surface area contributed by atoms with Crippen LogP contribution in [0.15, 0.2) is 12.1 Å². The second-order valence-electron chi connectivity index (χ2n) is 8.30. The average Bonchev–Trinajstić information content (AvgIpc) is 2.69. The number of nitrogens with one attached hydrogen (secondary N) is 1. The summed E-state index contributed by atoms with van der Waals surface area (Å²) < 4.78 is 12.0. The maximum atomic E-state index is 12.0. The van der Waals surface area contributed by atoms with Gasteiger partial charge in [0.25, 0.3) is 0 Å². The molecule has 1 saturated heterocycles. The Hall–Kier alpha value is -1.36. The van der Waals surface area contributed by atoms with Crippen molar-refractivity contribution in [2.45, 2.75) is 64.0 Å². The summed E-state index contributed by atoms with van der Waals surface area (Å²) in [4.78, 5) is 11.9. The first-order valence-corrected chi connectivity index (χ1v) is 9.31. The van der Waals surface area contributed by atoms with Crippen molar-refractivity contribution < 1.29 is 14.1 Å². The van der Waals surface area contributed by atoms with Crippen LogP contribution < -0.4 is 5.32 Å². The molecule has 0 bridgehead atoms. The molecule has 5 heteroatoms. The van der Waals surface area contributed by atoms with Crippen LogP contribution >= 0.6 is 0 Å². The number of carbonyl (C=O) groups is 1. The van der Waals surface area contributed by atoms with Crippen molar-refractivity contribution in [3.63, 3.8) is 0 Å². The van der Waals surface area contributed by atoms with Crippen LogP contribution in [0.5, 0.6) is 5.75 Å². The van der Waals surface area contributed by atoms with Crippen LogP contribution in [0.25, 0.3) is 0 Å². The maximum Gasteiger partial charge on any atom is 0.236 e. The van der Waals surface area contributed by atoms with E-state index in [0.717, 1.165) is 16.7 Å². The van der Waals surface area contributed by atoms with Crippen molar-refractivity contribution in [1.82, 2.24) is 5.32 Å². The highest BCUT2D eigenvalue weighted by Crippen LogP contribution is 2.40.